The number of nitriles is 2. The Kier molecular flexibility index (Phi) is 6.26. The van der Waals surface area contributed by atoms with Crippen molar-refractivity contribution < 1.29 is 9.59 Å². The summed E-state index contributed by atoms with van der Waals surface area (Å²) in [5.41, 5.74) is -0.562. The van der Waals surface area contributed by atoms with Crippen LogP contribution in [0.5, 0.6) is 0 Å². The van der Waals surface area contributed by atoms with Crippen molar-refractivity contribution in [2.75, 3.05) is 19.8 Å². The fourth-order valence-corrected chi connectivity index (χ4v) is 3.99. The molecule has 142 valence electrons. The van der Waals surface area contributed by atoms with Crippen molar-refractivity contribution in [3.63, 3.8) is 0 Å². The predicted molar refractivity (Wildman–Crippen MR) is 96.4 cm³/mol. The van der Waals surface area contributed by atoms with Crippen LogP contribution in [0.2, 0.25) is 0 Å². The first kappa shape index (κ1) is 20.2. The van der Waals surface area contributed by atoms with Crippen LogP contribution in [0.1, 0.15) is 59.3 Å². The van der Waals surface area contributed by atoms with E-state index >= 15 is 0 Å². The van der Waals surface area contributed by atoms with Gasteiger partial charge >= 0.3 is 6.03 Å². The predicted octanol–water partition coefficient (Wildman–Crippen LogP) is 2.60. The number of amides is 3. The lowest BCUT2D eigenvalue weighted by Crippen LogP contribution is -2.51. The molecule has 1 saturated carbocycles. The molecule has 7 nitrogen and oxygen atoms in total. The molecule has 2 fully saturated rings. The van der Waals surface area contributed by atoms with Gasteiger partial charge in [0.15, 0.2) is 0 Å². The zero-order chi connectivity index (χ0) is 19.4. The van der Waals surface area contributed by atoms with Crippen molar-refractivity contribution in [3.05, 3.63) is 0 Å². The van der Waals surface area contributed by atoms with Gasteiger partial charge < -0.3 is 5.32 Å². The Morgan fingerprint density at radius 3 is 2.15 bits per heavy atom. The van der Waals surface area contributed by atoms with Gasteiger partial charge in [0, 0.05) is 25.9 Å². The highest BCUT2D eigenvalue weighted by atomic mass is 16.2. The van der Waals surface area contributed by atoms with Gasteiger partial charge in [0.05, 0.1) is 18.8 Å². The molecule has 1 N–H and O–H groups in total. The normalized spacial score (nSPS) is 26.1. The van der Waals surface area contributed by atoms with Crippen LogP contribution in [0, 0.1) is 34.0 Å². The van der Waals surface area contributed by atoms with E-state index in [0.717, 1.165) is 12.8 Å². The quantitative estimate of drug-likeness (QED) is 0.735. The van der Waals surface area contributed by atoms with E-state index in [0.29, 0.717) is 44.7 Å². The monoisotopic (exact) mass is 359 g/mol. The fraction of sp³-hybridized carbons (Fsp3) is 0.789. The second-order valence-corrected chi connectivity index (χ2v) is 8.46. The number of carbonyl (C=O) groups excluding carboxylic acids is 2. The summed E-state index contributed by atoms with van der Waals surface area (Å²) in [5.74, 6) is 0.392. The van der Waals surface area contributed by atoms with Crippen LogP contribution in [0.4, 0.5) is 4.79 Å². The summed E-state index contributed by atoms with van der Waals surface area (Å²) in [7, 11) is 0. The lowest BCUT2D eigenvalue weighted by molar-refractivity contribution is -0.134. The third kappa shape index (κ3) is 4.34. The third-order valence-electron chi connectivity index (χ3n) is 5.73. The number of imide groups is 1. The Labute approximate surface area is 155 Å². The van der Waals surface area contributed by atoms with E-state index in [9.17, 15) is 9.59 Å². The van der Waals surface area contributed by atoms with Crippen molar-refractivity contribution in [1.29, 1.82) is 10.5 Å². The molecule has 2 aliphatic rings. The number of nitrogens with one attached hydrogen (secondary N) is 1. The Bertz CT molecular complexity index is 599. The molecule has 0 atom stereocenters. The number of hydrogen-bond donors (Lipinski definition) is 1. The fourth-order valence-electron chi connectivity index (χ4n) is 3.99. The van der Waals surface area contributed by atoms with Crippen molar-refractivity contribution in [1.82, 2.24) is 15.1 Å². The maximum absolute atomic E-state index is 13.0. The second kappa shape index (κ2) is 8.05. The highest BCUT2D eigenvalue weighted by Crippen LogP contribution is 2.43. The minimum Gasteiger partial charge on any atom is -0.323 e. The molecule has 0 aromatic heterocycles. The first-order chi connectivity index (χ1) is 12.2. The van der Waals surface area contributed by atoms with Crippen LogP contribution in [-0.2, 0) is 4.79 Å². The molecule has 1 heterocycles. The molecular formula is C19H29N5O2. The van der Waals surface area contributed by atoms with Gasteiger partial charge in [-0.1, -0.05) is 20.8 Å². The van der Waals surface area contributed by atoms with Gasteiger partial charge in [-0.05, 0) is 37.0 Å². The Hall–Kier alpha value is -2.12. The zero-order valence-electron chi connectivity index (χ0n) is 16.0. The number of nitrogens with zero attached hydrogens (tertiary/aromatic N) is 4. The van der Waals surface area contributed by atoms with E-state index in [-0.39, 0.29) is 24.0 Å². The maximum atomic E-state index is 13.0. The number of carbonyl (C=O) groups is 2. The number of urea groups is 1. The molecule has 2 rings (SSSR count). The van der Waals surface area contributed by atoms with Crippen LogP contribution in [0.3, 0.4) is 0 Å². The minimum atomic E-state index is -0.769. The molecule has 0 unspecified atom stereocenters. The average Bonchev–Trinajstić information content (AvgIpc) is 2.80. The molecule has 1 spiro atoms. The summed E-state index contributed by atoms with van der Waals surface area (Å²) in [5, 5.41) is 20.5. The molecule has 3 amide bonds. The van der Waals surface area contributed by atoms with E-state index in [1.807, 2.05) is 4.90 Å². The molecule has 1 aliphatic carbocycles. The van der Waals surface area contributed by atoms with E-state index in [2.05, 4.69) is 38.2 Å². The molecule has 26 heavy (non-hydrogen) atoms. The molecule has 1 aliphatic heterocycles. The molecule has 0 radical (unpaired) electrons. The lowest BCUT2D eigenvalue weighted by Gasteiger charge is -2.40. The van der Waals surface area contributed by atoms with E-state index in [4.69, 9.17) is 10.5 Å². The Balaban J connectivity index is 2.04. The van der Waals surface area contributed by atoms with E-state index in [1.54, 1.807) is 0 Å². The largest absolute Gasteiger partial charge is 0.326 e. The summed E-state index contributed by atoms with van der Waals surface area (Å²) in [6, 6.07) is 3.78. The highest BCUT2D eigenvalue weighted by molar-refractivity contribution is 6.07. The summed E-state index contributed by atoms with van der Waals surface area (Å²) >= 11 is 0. The highest BCUT2D eigenvalue weighted by Gasteiger charge is 2.53. The van der Waals surface area contributed by atoms with Gasteiger partial charge in [-0.3, -0.25) is 9.69 Å². The summed E-state index contributed by atoms with van der Waals surface area (Å²) in [6.07, 6.45) is 3.80. The van der Waals surface area contributed by atoms with Crippen LogP contribution < -0.4 is 5.32 Å². The summed E-state index contributed by atoms with van der Waals surface area (Å²) in [6.45, 7) is 7.68. The molecular weight excluding hydrogens is 330 g/mol. The second-order valence-electron chi connectivity index (χ2n) is 8.46. The Morgan fingerprint density at radius 1 is 1.15 bits per heavy atom. The maximum Gasteiger partial charge on any atom is 0.326 e. The van der Waals surface area contributed by atoms with Crippen molar-refractivity contribution in [2.24, 2.45) is 11.3 Å². The van der Waals surface area contributed by atoms with Crippen LogP contribution in [0.15, 0.2) is 0 Å². The molecule has 1 saturated heterocycles. The van der Waals surface area contributed by atoms with Gasteiger partial charge in [0.2, 0.25) is 0 Å². The molecule has 0 aromatic rings. The summed E-state index contributed by atoms with van der Waals surface area (Å²) < 4.78 is 0. The van der Waals surface area contributed by atoms with Gasteiger partial charge in [-0.25, -0.2) is 9.69 Å². The Morgan fingerprint density at radius 2 is 1.69 bits per heavy atom. The van der Waals surface area contributed by atoms with Gasteiger partial charge in [-0.2, -0.15) is 10.5 Å². The molecule has 7 heteroatoms. The topological polar surface area (TPSA) is 100 Å². The number of hydrogen-bond acceptors (Lipinski definition) is 5. The number of rotatable bonds is 6. The average molecular weight is 359 g/mol. The van der Waals surface area contributed by atoms with Crippen LogP contribution >= 0.6 is 0 Å². The van der Waals surface area contributed by atoms with Crippen LogP contribution in [0.25, 0.3) is 0 Å². The van der Waals surface area contributed by atoms with Gasteiger partial charge in [0.25, 0.3) is 5.91 Å². The molecule has 0 aromatic carbocycles. The van der Waals surface area contributed by atoms with Gasteiger partial charge in [0.1, 0.15) is 5.54 Å². The zero-order valence-corrected chi connectivity index (χ0v) is 16.0. The van der Waals surface area contributed by atoms with Crippen LogP contribution in [-0.4, -0.2) is 47.0 Å². The smallest absolute Gasteiger partial charge is 0.323 e. The summed E-state index contributed by atoms with van der Waals surface area (Å²) in [4.78, 5) is 28.6. The first-order valence-corrected chi connectivity index (χ1v) is 9.34. The van der Waals surface area contributed by atoms with E-state index < -0.39 is 5.54 Å². The first-order valence-electron chi connectivity index (χ1n) is 9.34. The van der Waals surface area contributed by atoms with Gasteiger partial charge in [-0.15, -0.1) is 0 Å². The SMILES string of the molecule is CC(C)(C)C1CCC2(CC1)NC(=O)N(CN(CCC#N)CCC#N)C2=O. The van der Waals surface area contributed by atoms with E-state index in [1.165, 1.54) is 4.90 Å². The standard InChI is InChI=1S/C19H29N5O2/c1-18(2,3)15-6-8-19(9-7-15)16(25)24(17(26)22-19)14-23(12-4-10-20)13-5-11-21/h15H,4-9,12-14H2,1-3H3,(H,22,26). The van der Waals surface area contributed by atoms with Crippen molar-refractivity contribution >= 4 is 11.9 Å². The molecule has 0 bridgehead atoms. The van der Waals surface area contributed by atoms with Crippen molar-refractivity contribution in [2.45, 2.75) is 64.8 Å². The van der Waals surface area contributed by atoms with Crippen molar-refractivity contribution in [3.8, 4) is 12.1 Å². The third-order valence-corrected chi connectivity index (χ3v) is 5.73. The lowest BCUT2D eigenvalue weighted by atomic mass is 9.67. The minimum absolute atomic E-state index is 0.137.